The normalized spacial score (nSPS) is 25.0. The Bertz CT molecular complexity index is 976. The van der Waals surface area contributed by atoms with E-state index in [1.807, 2.05) is 0 Å². The number of nitrogens with one attached hydrogen (secondary N) is 1. The third-order valence-corrected chi connectivity index (χ3v) is 6.64. The number of likely N-dealkylation sites (tertiary alicyclic amines) is 2. The molecule has 0 saturated carbocycles. The summed E-state index contributed by atoms with van der Waals surface area (Å²) in [6.45, 7) is 2.09. The van der Waals surface area contributed by atoms with Gasteiger partial charge in [0.2, 0.25) is 5.91 Å². The Morgan fingerprint density at radius 1 is 1.22 bits per heavy atom. The van der Waals surface area contributed by atoms with Crippen LogP contribution in [-0.4, -0.2) is 65.8 Å². The number of carbonyl (C=O) groups excluding carboxylic acids is 2. The molecule has 198 valence electrons. The lowest BCUT2D eigenvalue weighted by atomic mass is 9.99. The quantitative estimate of drug-likeness (QED) is 0.425. The van der Waals surface area contributed by atoms with Crippen molar-refractivity contribution in [2.75, 3.05) is 19.6 Å². The zero-order valence-electron chi connectivity index (χ0n) is 19.4. The standard InChI is InChI=1S/C23H27F6N5O2/c1-13(14-5-15(22(24,25)26)7-16(6-14)23(27,28)29)32-17-8-19(12-35)33(10-17)11-20(31)21(36)34-4-2-3-18(34)9-30/h5-7,12-13,17-20,32H,2-4,8,10-11,31H2,1H3/t13-,17?,18?,19?,20?/m0/s1. The lowest BCUT2D eigenvalue weighted by molar-refractivity contribution is -0.143. The van der Waals surface area contributed by atoms with Crippen LogP contribution in [0.4, 0.5) is 26.3 Å². The van der Waals surface area contributed by atoms with E-state index in [0.717, 1.165) is 0 Å². The summed E-state index contributed by atoms with van der Waals surface area (Å²) in [6, 6.07) is -0.0177. The minimum absolute atomic E-state index is 0.0191. The van der Waals surface area contributed by atoms with Gasteiger partial charge < -0.3 is 20.7 Å². The van der Waals surface area contributed by atoms with Crippen molar-refractivity contribution in [1.82, 2.24) is 15.1 Å². The van der Waals surface area contributed by atoms with E-state index in [4.69, 9.17) is 5.73 Å². The summed E-state index contributed by atoms with van der Waals surface area (Å²) in [5, 5.41) is 12.2. The molecule has 13 heteroatoms. The first-order valence-electron chi connectivity index (χ1n) is 11.4. The number of amides is 1. The van der Waals surface area contributed by atoms with E-state index in [1.54, 1.807) is 4.90 Å². The molecule has 2 aliphatic rings. The highest BCUT2D eigenvalue weighted by molar-refractivity contribution is 5.83. The highest BCUT2D eigenvalue weighted by Gasteiger charge is 2.39. The molecule has 36 heavy (non-hydrogen) atoms. The molecule has 3 N–H and O–H groups in total. The van der Waals surface area contributed by atoms with Crippen molar-refractivity contribution < 1.29 is 35.9 Å². The number of halogens is 6. The highest BCUT2D eigenvalue weighted by Crippen LogP contribution is 2.37. The van der Waals surface area contributed by atoms with Crippen molar-refractivity contribution in [1.29, 1.82) is 5.26 Å². The maximum absolute atomic E-state index is 13.2. The largest absolute Gasteiger partial charge is 0.416 e. The van der Waals surface area contributed by atoms with Crippen LogP contribution in [0.25, 0.3) is 0 Å². The maximum atomic E-state index is 13.2. The molecule has 0 aromatic heterocycles. The van der Waals surface area contributed by atoms with Crippen LogP contribution in [0, 0.1) is 11.3 Å². The molecule has 3 rings (SSSR count). The zero-order chi connectivity index (χ0) is 26.8. The zero-order valence-corrected chi connectivity index (χ0v) is 19.4. The minimum Gasteiger partial charge on any atom is -0.325 e. The van der Waals surface area contributed by atoms with Crippen molar-refractivity contribution in [3.8, 4) is 6.07 Å². The minimum atomic E-state index is -4.95. The van der Waals surface area contributed by atoms with Crippen LogP contribution in [0.5, 0.6) is 0 Å². The second-order valence-corrected chi connectivity index (χ2v) is 9.24. The second kappa shape index (κ2) is 10.7. The molecule has 0 radical (unpaired) electrons. The summed E-state index contributed by atoms with van der Waals surface area (Å²) in [6.07, 6.45) is -7.75. The fraction of sp³-hybridized carbons (Fsp3) is 0.609. The van der Waals surface area contributed by atoms with Gasteiger partial charge in [-0.15, -0.1) is 0 Å². The number of rotatable bonds is 7. The number of hydrogen-bond acceptors (Lipinski definition) is 6. The van der Waals surface area contributed by atoms with Gasteiger partial charge in [-0.05, 0) is 49.9 Å². The first-order valence-corrected chi connectivity index (χ1v) is 11.4. The Morgan fingerprint density at radius 3 is 2.36 bits per heavy atom. The number of nitrogens with zero attached hydrogens (tertiary/aromatic N) is 3. The van der Waals surface area contributed by atoms with E-state index in [0.29, 0.717) is 37.8 Å². The van der Waals surface area contributed by atoms with Gasteiger partial charge >= 0.3 is 12.4 Å². The average Bonchev–Trinajstić information content (AvgIpc) is 3.43. The number of aldehydes is 1. The van der Waals surface area contributed by atoms with Gasteiger partial charge in [-0.25, -0.2) is 0 Å². The highest BCUT2D eigenvalue weighted by atomic mass is 19.4. The molecule has 7 nitrogen and oxygen atoms in total. The van der Waals surface area contributed by atoms with Gasteiger partial charge in [0.1, 0.15) is 12.3 Å². The van der Waals surface area contributed by atoms with Crippen LogP contribution in [0.15, 0.2) is 18.2 Å². The van der Waals surface area contributed by atoms with Crippen LogP contribution in [-0.2, 0) is 21.9 Å². The monoisotopic (exact) mass is 519 g/mol. The molecule has 2 aliphatic heterocycles. The predicted molar refractivity (Wildman–Crippen MR) is 116 cm³/mol. The van der Waals surface area contributed by atoms with Crippen molar-refractivity contribution in [3.63, 3.8) is 0 Å². The van der Waals surface area contributed by atoms with Crippen molar-refractivity contribution >= 4 is 12.2 Å². The van der Waals surface area contributed by atoms with Gasteiger partial charge in [0.05, 0.1) is 29.3 Å². The number of hydrogen-bond donors (Lipinski definition) is 2. The molecule has 0 bridgehead atoms. The fourth-order valence-electron chi connectivity index (χ4n) is 4.79. The third-order valence-electron chi connectivity index (χ3n) is 6.64. The Morgan fingerprint density at radius 2 is 1.83 bits per heavy atom. The molecule has 1 amide bonds. The lowest BCUT2D eigenvalue weighted by Gasteiger charge is -2.28. The summed E-state index contributed by atoms with van der Waals surface area (Å²) in [5.41, 5.74) is 3.08. The molecule has 0 spiro atoms. The van der Waals surface area contributed by atoms with Gasteiger partial charge in [0.15, 0.2) is 0 Å². The van der Waals surface area contributed by atoms with Gasteiger partial charge in [-0.2, -0.15) is 31.6 Å². The number of nitrogens with two attached hydrogens (primary N) is 1. The smallest absolute Gasteiger partial charge is 0.325 e. The molecule has 0 aliphatic carbocycles. The lowest BCUT2D eigenvalue weighted by Crippen LogP contribution is -2.52. The van der Waals surface area contributed by atoms with E-state index in [2.05, 4.69) is 11.4 Å². The van der Waals surface area contributed by atoms with E-state index < -0.39 is 59.6 Å². The Balaban J connectivity index is 1.70. The summed E-state index contributed by atoms with van der Waals surface area (Å²) >= 11 is 0. The molecule has 2 heterocycles. The Kier molecular flexibility index (Phi) is 8.32. The van der Waals surface area contributed by atoms with E-state index in [1.165, 1.54) is 11.8 Å². The Hall–Kier alpha value is -2.69. The summed E-state index contributed by atoms with van der Waals surface area (Å²) in [7, 11) is 0. The van der Waals surface area contributed by atoms with E-state index in [9.17, 15) is 41.2 Å². The number of nitriles is 1. The predicted octanol–water partition coefficient (Wildman–Crippen LogP) is 2.86. The van der Waals surface area contributed by atoms with Crippen LogP contribution < -0.4 is 11.1 Å². The molecule has 4 unspecified atom stereocenters. The third kappa shape index (κ3) is 6.35. The summed E-state index contributed by atoms with van der Waals surface area (Å²) in [5.74, 6) is -0.405. The first-order chi connectivity index (χ1) is 16.7. The van der Waals surface area contributed by atoms with Gasteiger partial charge in [0, 0.05) is 31.7 Å². The molecule has 1 aromatic rings. The van der Waals surface area contributed by atoms with Crippen LogP contribution >= 0.6 is 0 Å². The number of benzene rings is 1. The van der Waals surface area contributed by atoms with Crippen molar-refractivity contribution in [3.05, 3.63) is 34.9 Å². The first kappa shape index (κ1) is 27.9. The maximum Gasteiger partial charge on any atom is 0.416 e. The molecular formula is C23H27F6N5O2. The van der Waals surface area contributed by atoms with Crippen LogP contribution in [0.1, 0.15) is 48.9 Å². The molecule has 2 fully saturated rings. The number of carbonyl (C=O) groups is 2. The fourth-order valence-corrected chi connectivity index (χ4v) is 4.79. The average molecular weight is 519 g/mol. The molecule has 5 atom stereocenters. The molecule has 2 saturated heterocycles. The summed E-state index contributed by atoms with van der Waals surface area (Å²) < 4.78 is 79.2. The van der Waals surface area contributed by atoms with Crippen LogP contribution in [0.2, 0.25) is 0 Å². The number of alkyl halides is 6. The van der Waals surface area contributed by atoms with Gasteiger partial charge in [-0.1, -0.05) is 0 Å². The van der Waals surface area contributed by atoms with E-state index in [-0.39, 0.29) is 31.1 Å². The van der Waals surface area contributed by atoms with Crippen LogP contribution in [0.3, 0.4) is 0 Å². The van der Waals surface area contributed by atoms with Gasteiger partial charge in [0.25, 0.3) is 0 Å². The SMILES string of the molecule is C[C@H](NC1CC(C=O)N(CC(N)C(=O)N2CCCC2C#N)C1)c1cc(C(F)(F)F)cc(C(F)(F)F)c1. The second-order valence-electron chi connectivity index (χ2n) is 9.24. The molecular weight excluding hydrogens is 492 g/mol. The van der Waals surface area contributed by atoms with Crippen molar-refractivity contribution in [2.24, 2.45) is 5.73 Å². The van der Waals surface area contributed by atoms with E-state index >= 15 is 0 Å². The topological polar surface area (TPSA) is 102 Å². The van der Waals surface area contributed by atoms with Crippen molar-refractivity contribution in [2.45, 2.75) is 68.7 Å². The summed E-state index contributed by atoms with van der Waals surface area (Å²) in [4.78, 5) is 27.4. The Labute approximate surface area is 204 Å². The molecule has 1 aromatic carbocycles. The van der Waals surface area contributed by atoms with Gasteiger partial charge in [-0.3, -0.25) is 9.69 Å².